The average molecular weight is 296 g/mol. The lowest BCUT2D eigenvalue weighted by Crippen LogP contribution is -2.69. The minimum Gasteiger partial charge on any atom is -0.382 e. The molecule has 21 heavy (non-hydrogen) atoms. The zero-order valence-electron chi connectivity index (χ0n) is 13.3. The van der Waals surface area contributed by atoms with E-state index in [9.17, 15) is 9.59 Å². The van der Waals surface area contributed by atoms with Gasteiger partial charge in [-0.05, 0) is 32.6 Å². The topological polar surface area (TPSA) is 58.6 Å². The fourth-order valence-corrected chi connectivity index (χ4v) is 3.61. The summed E-state index contributed by atoms with van der Waals surface area (Å²) in [5, 5.41) is 2.97. The van der Waals surface area contributed by atoms with Crippen LogP contribution in [0.5, 0.6) is 0 Å². The summed E-state index contributed by atoms with van der Waals surface area (Å²) in [5.41, 5.74) is -0.576. The third-order valence-electron chi connectivity index (χ3n) is 4.69. The zero-order valence-corrected chi connectivity index (χ0v) is 13.3. The monoisotopic (exact) mass is 296 g/mol. The van der Waals surface area contributed by atoms with Crippen LogP contribution in [-0.4, -0.2) is 48.1 Å². The summed E-state index contributed by atoms with van der Waals surface area (Å²) in [6.07, 6.45) is 6.09. The van der Waals surface area contributed by atoms with Gasteiger partial charge in [-0.15, -0.1) is 0 Å². The first kappa shape index (κ1) is 16.3. The van der Waals surface area contributed by atoms with Crippen molar-refractivity contribution >= 4 is 11.8 Å². The summed E-state index contributed by atoms with van der Waals surface area (Å²) < 4.78 is 5.37. The van der Waals surface area contributed by atoms with E-state index in [0.29, 0.717) is 19.8 Å². The maximum Gasteiger partial charge on any atom is 0.246 e. The molecule has 2 rings (SSSR count). The van der Waals surface area contributed by atoms with Crippen molar-refractivity contribution in [1.29, 1.82) is 0 Å². The van der Waals surface area contributed by atoms with Gasteiger partial charge in [-0.1, -0.05) is 26.2 Å². The summed E-state index contributed by atoms with van der Waals surface area (Å²) in [4.78, 5) is 27.2. The number of carbonyl (C=O) groups is 2. The van der Waals surface area contributed by atoms with Crippen LogP contribution in [0.2, 0.25) is 0 Å². The fourth-order valence-electron chi connectivity index (χ4n) is 3.61. The molecule has 0 aromatic heterocycles. The summed E-state index contributed by atoms with van der Waals surface area (Å²) in [5.74, 6) is 0.171. The molecule has 2 amide bonds. The first-order valence-electron chi connectivity index (χ1n) is 8.36. The zero-order chi connectivity index (χ0) is 15.3. The van der Waals surface area contributed by atoms with Gasteiger partial charge in [0.2, 0.25) is 11.8 Å². The van der Waals surface area contributed by atoms with Gasteiger partial charge in [-0.3, -0.25) is 9.59 Å². The number of piperazine rings is 1. The number of nitrogens with one attached hydrogen (secondary N) is 1. The van der Waals surface area contributed by atoms with Crippen molar-refractivity contribution in [3.63, 3.8) is 0 Å². The Kier molecular flexibility index (Phi) is 5.62. The number of hydrogen-bond donors (Lipinski definition) is 1. The van der Waals surface area contributed by atoms with Gasteiger partial charge in [0, 0.05) is 19.8 Å². The second kappa shape index (κ2) is 7.25. The minimum atomic E-state index is -0.576. The van der Waals surface area contributed by atoms with Crippen LogP contribution in [0.4, 0.5) is 0 Å². The second-order valence-electron chi connectivity index (χ2n) is 6.09. The van der Waals surface area contributed by atoms with Gasteiger partial charge < -0.3 is 15.0 Å². The maximum absolute atomic E-state index is 12.8. The van der Waals surface area contributed by atoms with Crippen molar-refractivity contribution in [1.82, 2.24) is 10.2 Å². The average Bonchev–Trinajstić information content (AvgIpc) is 2.95. The Bertz CT molecular complexity index is 378. The van der Waals surface area contributed by atoms with E-state index in [1.807, 2.05) is 18.7 Å². The van der Waals surface area contributed by atoms with E-state index in [1.165, 1.54) is 0 Å². The second-order valence-corrected chi connectivity index (χ2v) is 6.09. The quantitative estimate of drug-likeness (QED) is 0.729. The molecular weight excluding hydrogens is 268 g/mol. The summed E-state index contributed by atoms with van der Waals surface area (Å²) >= 11 is 0. The molecule has 1 N–H and O–H groups in total. The van der Waals surface area contributed by atoms with Crippen LogP contribution in [0.25, 0.3) is 0 Å². The molecule has 1 spiro atoms. The molecule has 1 aliphatic carbocycles. The highest BCUT2D eigenvalue weighted by molar-refractivity contribution is 6.00. The van der Waals surface area contributed by atoms with Crippen molar-refractivity contribution in [2.75, 3.05) is 19.8 Å². The van der Waals surface area contributed by atoms with E-state index >= 15 is 0 Å². The molecule has 1 saturated heterocycles. The number of carbonyl (C=O) groups excluding carboxylic acids is 2. The number of rotatable bonds is 7. The van der Waals surface area contributed by atoms with Crippen molar-refractivity contribution in [2.45, 2.75) is 70.4 Å². The van der Waals surface area contributed by atoms with Crippen LogP contribution in [0.15, 0.2) is 0 Å². The lowest BCUT2D eigenvalue weighted by Gasteiger charge is -2.46. The molecule has 5 heteroatoms. The van der Waals surface area contributed by atoms with E-state index in [-0.39, 0.29) is 17.9 Å². The fraction of sp³-hybridized carbons (Fsp3) is 0.875. The molecule has 1 heterocycles. The number of amides is 2. The molecule has 0 radical (unpaired) electrons. The minimum absolute atomic E-state index is 0.0643. The third kappa shape index (κ3) is 3.23. The SMILES string of the molecule is CCCC1NC(=O)C2(CCCC2)N(CCCOCC)C1=O. The van der Waals surface area contributed by atoms with Gasteiger partial charge in [0.15, 0.2) is 0 Å². The smallest absolute Gasteiger partial charge is 0.246 e. The maximum atomic E-state index is 12.8. The van der Waals surface area contributed by atoms with Crippen molar-refractivity contribution in [2.24, 2.45) is 0 Å². The molecule has 0 aromatic carbocycles. The molecule has 0 aromatic rings. The van der Waals surface area contributed by atoms with Crippen LogP contribution < -0.4 is 5.32 Å². The number of nitrogens with zero attached hydrogens (tertiary/aromatic N) is 1. The number of ether oxygens (including phenoxy) is 1. The van der Waals surface area contributed by atoms with Crippen LogP contribution >= 0.6 is 0 Å². The molecule has 2 fully saturated rings. The molecule has 1 aliphatic heterocycles. The summed E-state index contributed by atoms with van der Waals surface area (Å²) in [6, 6.07) is -0.333. The van der Waals surface area contributed by atoms with E-state index in [1.54, 1.807) is 0 Å². The van der Waals surface area contributed by atoms with Gasteiger partial charge in [-0.2, -0.15) is 0 Å². The largest absolute Gasteiger partial charge is 0.382 e. The predicted octanol–water partition coefficient (Wildman–Crippen LogP) is 1.85. The van der Waals surface area contributed by atoms with Gasteiger partial charge >= 0.3 is 0 Å². The molecule has 2 aliphatic rings. The standard InChI is InChI=1S/C16H28N2O3/c1-3-8-13-14(19)18(11-7-12-21-4-2)16(15(20)17-13)9-5-6-10-16/h13H,3-12H2,1-2H3,(H,17,20). The highest BCUT2D eigenvalue weighted by atomic mass is 16.5. The van der Waals surface area contributed by atoms with Gasteiger partial charge in [-0.25, -0.2) is 0 Å². The Labute approximate surface area is 127 Å². The molecule has 5 nitrogen and oxygen atoms in total. The number of hydrogen-bond acceptors (Lipinski definition) is 3. The summed E-state index contributed by atoms with van der Waals surface area (Å²) in [6.45, 7) is 5.98. The molecule has 1 atom stereocenters. The first-order valence-corrected chi connectivity index (χ1v) is 8.36. The highest BCUT2D eigenvalue weighted by Gasteiger charge is 2.53. The Hall–Kier alpha value is -1.10. The molecule has 1 saturated carbocycles. The van der Waals surface area contributed by atoms with E-state index in [4.69, 9.17) is 4.74 Å². The summed E-state index contributed by atoms with van der Waals surface area (Å²) in [7, 11) is 0. The lowest BCUT2D eigenvalue weighted by molar-refractivity contribution is -0.157. The van der Waals surface area contributed by atoms with Crippen LogP contribution in [-0.2, 0) is 14.3 Å². The van der Waals surface area contributed by atoms with E-state index in [2.05, 4.69) is 5.32 Å². The Morgan fingerprint density at radius 3 is 2.62 bits per heavy atom. The van der Waals surface area contributed by atoms with Crippen molar-refractivity contribution in [3.8, 4) is 0 Å². The van der Waals surface area contributed by atoms with Gasteiger partial charge in [0.05, 0.1) is 0 Å². The Balaban J connectivity index is 2.11. The molecule has 120 valence electrons. The van der Waals surface area contributed by atoms with Crippen molar-refractivity contribution < 1.29 is 14.3 Å². The Morgan fingerprint density at radius 2 is 2.00 bits per heavy atom. The Morgan fingerprint density at radius 1 is 1.29 bits per heavy atom. The van der Waals surface area contributed by atoms with Crippen molar-refractivity contribution in [3.05, 3.63) is 0 Å². The molecule has 1 unspecified atom stereocenters. The lowest BCUT2D eigenvalue weighted by atomic mass is 9.88. The predicted molar refractivity (Wildman–Crippen MR) is 80.9 cm³/mol. The normalized spacial score (nSPS) is 24.7. The first-order chi connectivity index (χ1) is 10.2. The third-order valence-corrected chi connectivity index (χ3v) is 4.69. The molecular formula is C16H28N2O3. The highest BCUT2D eigenvalue weighted by Crippen LogP contribution is 2.38. The van der Waals surface area contributed by atoms with E-state index in [0.717, 1.165) is 44.9 Å². The van der Waals surface area contributed by atoms with Gasteiger partial charge in [0.25, 0.3) is 0 Å². The molecule has 0 bridgehead atoms. The van der Waals surface area contributed by atoms with E-state index < -0.39 is 5.54 Å². The van der Waals surface area contributed by atoms with Crippen LogP contribution in [0.3, 0.4) is 0 Å². The van der Waals surface area contributed by atoms with Crippen LogP contribution in [0.1, 0.15) is 58.8 Å². The van der Waals surface area contributed by atoms with Crippen LogP contribution in [0, 0.1) is 0 Å². The van der Waals surface area contributed by atoms with Gasteiger partial charge in [0.1, 0.15) is 11.6 Å².